The molecule has 0 saturated heterocycles. The minimum atomic E-state index is -8.73. The maximum Gasteiger partial charge on any atom is 0.460 e. The number of carbonyl (C=O) groups is 1. The second-order valence-electron chi connectivity index (χ2n) is 7.71. The van der Waals surface area contributed by atoms with E-state index >= 15 is 0 Å². The number of alkyl halides is 17. The molecule has 0 saturated carbocycles. The van der Waals surface area contributed by atoms with Crippen molar-refractivity contribution < 1.29 is 89.3 Å². The lowest BCUT2D eigenvalue weighted by Gasteiger charge is -2.43. The van der Waals surface area contributed by atoms with Gasteiger partial charge in [-0.15, -0.1) is 0 Å². The number of hydrogen-bond acceptors (Lipinski definition) is 3. The first-order valence-corrected chi connectivity index (χ1v) is 9.75. The van der Waals surface area contributed by atoms with Crippen molar-refractivity contribution in [3.8, 4) is 0 Å². The Morgan fingerprint density at radius 2 is 1.13 bits per heavy atom. The molecule has 1 aromatic rings. The van der Waals surface area contributed by atoms with E-state index in [1.54, 1.807) is 0 Å². The minimum absolute atomic E-state index is 0.266. The summed E-state index contributed by atoms with van der Waals surface area (Å²) in [6.07, 6.45) is -14.0. The van der Waals surface area contributed by atoms with Gasteiger partial charge in [0.25, 0.3) is 0 Å². The Labute approximate surface area is 205 Å². The van der Waals surface area contributed by atoms with Gasteiger partial charge in [-0.25, -0.2) is 4.79 Å². The number of rotatable bonds is 11. The molecule has 0 aliphatic heterocycles. The highest BCUT2D eigenvalue weighted by molar-refractivity contribution is 5.89. The molecule has 1 aromatic carbocycles. The van der Waals surface area contributed by atoms with Crippen molar-refractivity contribution >= 4 is 5.97 Å². The molecule has 0 aliphatic carbocycles. The molecule has 0 fully saturated rings. The predicted molar refractivity (Wildman–Crippen MR) is 92.7 cm³/mol. The third-order valence-corrected chi connectivity index (χ3v) is 5.02. The maximum absolute atomic E-state index is 14.1. The van der Waals surface area contributed by atoms with Crippen LogP contribution in [0.4, 0.5) is 74.6 Å². The van der Waals surface area contributed by atoms with Crippen LogP contribution >= 0.6 is 0 Å². The summed E-state index contributed by atoms with van der Waals surface area (Å²) >= 11 is 0. The van der Waals surface area contributed by atoms with Crippen molar-refractivity contribution in [2.24, 2.45) is 0 Å². The van der Waals surface area contributed by atoms with Gasteiger partial charge in [-0.3, -0.25) is 0 Å². The van der Waals surface area contributed by atoms with Gasteiger partial charge in [0.2, 0.25) is 0 Å². The monoisotopic (exact) mass is 612 g/mol. The van der Waals surface area contributed by atoms with Gasteiger partial charge in [0.1, 0.15) is 0 Å². The van der Waals surface area contributed by atoms with Gasteiger partial charge >= 0.3 is 53.6 Å². The van der Waals surface area contributed by atoms with E-state index in [0.717, 1.165) is 12.1 Å². The summed E-state index contributed by atoms with van der Waals surface area (Å²) in [5, 5.41) is 9.72. The van der Waals surface area contributed by atoms with E-state index in [0.29, 0.717) is 12.1 Å². The summed E-state index contributed by atoms with van der Waals surface area (Å²) in [5.74, 6) is -58.6. The molecule has 39 heavy (non-hydrogen) atoms. The molecule has 0 aliphatic rings. The molecule has 1 unspecified atom stereocenters. The van der Waals surface area contributed by atoms with Crippen molar-refractivity contribution in [1.29, 1.82) is 0 Å². The average Bonchev–Trinajstić information content (AvgIpc) is 2.77. The number of hydrogen-bond donors (Lipinski definition) is 1. The Balaban J connectivity index is 3.51. The second kappa shape index (κ2) is 10.1. The molecule has 0 bridgehead atoms. The van der Waals surface area contributed by atoms with E-state index in [1.807, 2.05) is 0 Å². The summed E-state index contributed by atoms with van der Waals surface area (Å²) in [6.45, 7) is 1.02. The van der Waals surface area contributed by atoms with Crippen LogP contribution in [-0.4, -0.2) is 65.3 Å². The molecular weight excluding hydrogens is 599 g/mol. The van der Waals surface area contributed by atoms with Crippen LogP contribution in [0.3, 0.4) is 0 Å². The van der Waals surface area contributed by atoms with E-state index in [2.05, 4.69) is 4.74 Å². The van der Waals surface area contributed by atoms with Crippen LogP contribution in [0.5, 0.6) is 0 Å². The predicted octanol–water partition coefficient (Wildman–Crippen LogP) is 7.30. The fourth-order valence-corrected chi connectivity index (χ4v) is 2.77. The fraction of sp³-hybridized carbons (Fsp3) is 0.632. The summed E-state index contributed by atoms with van der Waals surface area (Å²) < 4.78 is 231. The zero-order chi connectivity index (χ0) is 31.3. The third kappa shape index (κ3) is 5.31. The van der Waals surface area contributed by atoms with E-state index < -0.39 is 77.3 Å². The largest absolute Gasteiger partial charge is 0.462 e. The molecular formula is C19H13F17O3. The quantitative estimate of drug-likeness (QED) is 0.211. The zero-order valence-electron chi connectivity index (χ0n) is 18.5. The smallest absolute Gasteiger partial charge is 0.460 e. The molecule has 0 heterocycles. The van der Waals surface area contributed by atoms with E-state index in [-0.39, 0.29) is 6.61 Å². The van der Waals surface area contributed by atoms with Crippen LogP contribution in [-0.2, 0) is 4.74 Å². The van der Waals surface area contributed by atoms with E-state index in [1.165, 1.54) is 6.92 Å². The molecule has 0 amide bonds. The number of carbonyl (C=O) groups excluding carboxylic acids is 1. The third-order valence-electron chi connectivity index (χ3n) is 5.02. The normalized spacial score (nSPS) is 15.8. The van der Waals surface area contributed by atoms with Crippen LogP contribution in [0.25, 0.3) is 0 Å². The molecule has 0 radical (unpaired) electrons. The average molecular weight is 612 g/mol. The zero-order valence-corrected chi connectivity index (χ0v) is 18.5. The number of esters is 1. The summed E-state index contributed by atoms with van der Waals surface area (Å²) in [4.78, 5) is 11.6. The Kier molecular flexibility index (Phi) is 8.96. The van der Waals surface area contributed by atoms with E-state index in [9.17, 15) is 84.5 Å². The van der Waals surface area contributed by atoms with Crippen molar-refractivity contribution in [2.75, 3.05) is 6.61 Å². The minimum Gasteiger partial charge on any atom is -0.462 e. The molecule has 20 heteroatoms. The number of aliphatic hydroxyl groups is 1. The first-order valence-electron chi connectivity index (χ1n) is 9.75. The molecule has 0 aromatic heterocycles. The number of ether oxygens (including phenoxy) is 1. The van der Waals surface area contributed by atoms with Crippen molar-refractivity contribution in [3.63, 3.8) is 0 Å². The molecule has 1 N–H and O–H groups in total. The first-order chi connectivity index (χ1) is 17.1. The van der Waals surface area contributed by atoms with Gasteiger partial charge in [-0.05, 0) is 24.6 Å². The molecule has 0 spiro atoms. The highest BCUT2D eigenvalue weighted by Crippen LogP contribution is 2.64. The fourth-order valence-electron chi connectivity index (χ4n) is 2.77. The van der Waals surface area contributed by atoms with Gasteiger partial charge < -0.3 is 9.84 Å². The lowest BCUT2D eigenvalue weighted by molar-refractivity contribution is -0.462. The Morgan fingerprint density at radius 3 is 1.54 bits per heavy atom. The van der Waals surface area contributed by atoms with Gasteiger partial charge in [-0.2, -0.15) is 74.6 Å². The Morgan fingerprint density at radius 1 is 0.718 bits per heavy atom. The first kappa shape index (κ1) is 34.5. The molecule has 1 rings (SSSR count). The molecule has 3 nitrogen and oxygen atoms in total. The van der Waals surface area contributed by atoms with Crippen molar-refractivity contribution in [3.05, 3.63) is 35.4 Å². The topological polar surface area (TPSA) is 46.5 Å². The summed E-state index contributed by atoms with van der Waals surface area (Å²) in [7, 11) is 0. The maximum atomic E-state index is 14.1. The number of halogens is 17. The van der Waals surface area contributed by atoms with Gasteiger partial charge in [-0.1, -0.05) is 12.1 Å². The van der Waals surface area contributed by atoms with Gasteiger partial charge in [0.15, 0.2) is 0 Å². The van der Waals surface area contributed by atoms with Crippen LogP contribution < -0.4 is 0 Å². The SMILES string of the molecule is CCOC(=O)c1cccc(C(O)CC(F)(F)C(F)(F)C(F)(F)C(F)(F)C(F)(F)C(F)(F)C(F)(F)C(F)(F)F)c1. The highest BCUT2D eigenvalue weighted by atomic mass is 19.4. The molecule has 226 valence electrons. The highest BCUT2D eigenvalue weighted by Gasteiger charge is 2.95. The van der Waals surface area contributed by atoms with Gasteiger partial charge in [0.05, 0.1) is 18.3 Å². The van der Waals surface area contributed by atoms with Crippen LogP contribution in [0, 0.1) is 0 Å². The van der Waals surface area contributed by atoms with Gasteiger partial charge in [0, 0.05) is 6.42 Å². The Bertz CT molecular complexity index is 1030. The van der Waals surface area contributed by atoms with E-state index in [4.69, 9.17) is 0 Å². The number of benzene rings is 1. The standard InChI is InChI=1S/C19H13F17O3/c1-2-39-11(38)9-5-3-4-8(6-9)10(37)7-12(20,21)13(22,23)14(24,25)15(26,27)16(28,29)17(30,31)18(32,33)19(34,35)36/h3-6,10,37H,2,7H2,1H3. The van der Waals surface area contributed by atoms with Crippen LogP contribution in [0.1, 0.15) is 35.4 Å². The summed E-state index contributed by atoms with van der Waals surface area (Å²) in [6, 6.07) is 2.72. The molecule has 1 atom stereocenters. The van der Waals surface area contributed by atoms with Crippen LogP contribution in [0.2, 0.25) is 0 Å². The Hall–Kier alpha value is -2.54. The summed E-state index contributed by atoms with van der Waals surface area (Å²) in [5.41, 5.74) is -1.54. The van der Waals surface area contributed by atoms with Crippen LogP contribution in [0.15, 0.2) is 24.3 Å². The lowest BCUT2D eigenvalue weighted by atomic mass is 9.87. The van der Waals surface area contributed by atoms with Crippen molar-refractivity contribution in [2.45, 2.75) is 67.1 Å². The second-order valence-corrected chi connectivity index (χ2v) is 7.71. The van der Waals surface area contributed by atoms with Crippen molar-refractivity contribution in [1.82, 2.24) is 0 Å². The lowest BCUT2D eigenvalue weighted by Crippen LogP contribution is -2.74. The number of aliphatic hydroxyl groups excluding tert-OH is 1.